The highest BCUT2D eigenvalue weighted by Crippen LogP contribution is 2.47. The van der Waals surface area contributed by atoms with Crippen molar-refractivity contribution in [3.05, 3.63) is 0 Å². The van der Waals surface area contributed by atoms with Gasteiger partial charge in [-0.05, 0) is 17.8 Å². The molecule has 2 fully saturated rings. The van der Waals surface area contributed by atoms with Crippen LogP contribution in [-0.4, -0.2) is 11.9 Å². The predicted octanol–water partition coefficient (Wildman–Crippen LogP) is 0.777. The summed E-state index contributed by atoms with van der Waals surface area (Å²) >= 11 is 0. The molecule has 2 nitrogen and oxygen atoms in total. The number of carbonyl (C=O) groups excluding carboxylic acids is 1. The molecule has 56 valence electrons. The normalized spacial score (nSPS) is 51.6. The van der Waals surface area contributed by atoms with E-state index in [4.69, 9.17) is 0 Å². The van der Waals surface area contributed by atoms with Gasteiger partial charge in [-0.15, -0.1) is 0 Å². The molecule has 2 aliphatic rings. The van der Waals surface area contributed by atoms with Crippen LogP contribution in [0.2, 0.25) is 0 Å². The van der Waals surface area contributed by atoms with Crippen LogP contribution in [0.5, 0.6) is 0 Å². The van der Waals surface area contributed by atoms with Crippen LogP contribution in [0.15, 0.2) is 0 Å². The van der Waals surface area contributed by atoms with Crippen LogP contribution in [0.25, 0.3) is 0 Å². The molecule has 0 aromatic carbocycles. The van der Waals surface area contributed by atoms with Gasteiger partial charge in [0.15, 0.2) is 0 Å². The first-order valence-electron chi connectivity index (χ1n) is 3.99. The molecule has 0 unspecified atom stereocenters. The molecule has 1 aliphatic heterocycles. The summed E-state index contributed by atoms with van der Waals surface area (Å²) in [5.74, 6) is 2.39. The third-order valence-corrected chi connectivity index (χ3v) is 2.94. The molecular formula is C8H13NO. The smallest absolute Gasteiger partial charge is 0.220 e. The standard InChI is InChI=1S/C8H13NO/c1-4-3-6(10)9-8-5(2)7(4)8/h4-5,7-8H,3H2,1-2H3,(H,9,10)/t4-,5-,7-,8+/m0/s1. The van der Waals surface area contributed by atoms with Gasteiger partial charge < -0.3 is 5.32 Å². The van der Waals surface area contributed by atoms with Gasteiger partial charge in [0.05, 0.1) is 0 Å². The van der Waals surface area contributed by atoms with Gasteiger partial charge in [0.2, 0.25) is 5.91 Å². The monoisotopic (exact) mass is 139 g/mol. The van der Waals surface area contributed by atoms with Crippen LogP contribution < -0.4 is 5.32 Å². The molecule has 2 rings (SSSR count). The summed E-state index contributed by atoms with van der Waals surface area (Å²) in [5, 5.41) is 2.99. The zero-order chi connectivity index (χ0) is 7.30. The summed E-state index contributed by atoms with van der Waals surface area (Å²) < 4.78 is 0. The molecular weight excluding hydrogens is 126 g/mol. The Morgan fingerprint density at radius 2 is 2.20 bits per heavy atom. The molecule has 4 atom stereocenters. The molecule has 0 aromatic heterocycles. The Kier molecular flexibility index (Phi) is 1.08. The minimum atomic E-state index is 0.248. The second-order valence-electron chi connectivity index (χ2n) is 3.71. The topological polar surface area (TPSA) is 29.1 Å². The molecule has 1 heterocycles. The molecule has 2 heteroatoms. The highest BCUT2D eigenvalue weighted by Gasteiger charge is 2.53. The molecule has 1 N–H and O–H groups in total. The van der Waals surface area contributed by atoms with Gasteiger partial charge >= 0.3 is 0 Å². The van der Waals surface area contributed by atoms with Crippen LogP contribution in [0.3, 0.4) is 0 Å². The van der Waals surface area contributed by atoms with Crippen molar-refractivity contribution >= 4 is 5.91 Å². The molecule has 1 saturated carbocycles. The second kappa shape index (κ2) is 1.74. The number of nitrogens with one attached hydrogen (secondary N) is 1. The van der Waals surface area contributed by atoms with Gasteiger partial charge in [-0.25, -0.2) is 0 Å². The van der Waals surface area contributed by atoms with E-state index in [0.29, 0.717) is 12.0 Å². The van der Waals surface area contributed by atoms with Gasteiger partial charge in [-0.3, -0.25) is 4.79 Å². The number of amides is 1. The van der Waals surface area contributed by atoms with Crippen LogP contribution >= 0.6 is 0 Å². The largest absolute Gasteiger partial charge is 0.353 e. The fourth-order valence-electron chi connectivity index (χ4n) is 2.27. The van der Waals surface area contributed by atoms with E-state index in [0.717, 1.165) is 18.3 Å². The Hall–Kier alpha value is -0.530. The molecule has 0 radical (unpaired) electrons. The van der Waals surface area contributed by atoms with Crippen molar-refractivity contribution in [2.75, 3.05) is 0 Å². The Morgan fingerprint density at radius 3 is 2.80 bits per heavy atom. The highest BCUT2D eigenvalue weighted by molar-refractivity contribution is 5.78. The Labute approximate surface area is 61.0 Å². The molecule has 1 aliphatic carbocycles. The minimum Gasteiger partial charge on any atom is -0.353 e. The quantitative estimate of drug-likeness (QED) is 0.528. The van der Waals surface area contributed by atoms with Crippen molar-refractivity contribution in [2.24, 2.45) is 17.8 Å². The first-order chi connectivity index (χ1) is 4.70. The fraction of sp³-hybridized carbons (Fsp3) is 0.875. The maximum atomic E-state index is 10.9. The lowest BCUT2D eigenvalue weighted by molar-refractivity contribution is -0.123. The summed E-state index contributed by atoms with van der Waals surface area (Å²) in [6.07, 6.45) is 0.742. The van der Waals surface area contributed by atoms with Gasteiger partial charge in [-0.1, -0.05) is 13.8 Å². The number of hydrogen-bond acceptors (Lipinski definition) is 1. The first-order valence-corrected chi connectivity index (χ1v) is 3.99. The molecule has 1 saturated heterocycles. The number of hydrogen-bond donors (Lipinski definition) is 1. The summed E-state index contributed by atoms with van der Waals surface area (Å²) in [5.41, 5.74) is 0. The maximum Gasteiger partial charge on any atom is 0.220 e. The zero-order valence-electron chi connectivity index (χ0n) is 6.42. The predicted molar refractivity (Wildman–Crippen MR) is 38.4 cm³/mol. The van der Waals surface area contributed by atoms with Gasteiger partial charge in [0.25, 0.3) is 0 Å². The molecule has 1 amide bonds. The van der Waals surface area contributed by atoms with Gasteiger partial charge in [0.1, 0.15) is 0 Å². The van der Waals surface area contributed by atoms with E-state index in [-0.39, 0.29) is 5.91 Å². The third kappa shape index (κ3) is 0.678. The Balaban J connectivity index is 2.09. The third-order valence-electron chi connectivity index (χ3n) is 2.94. The number of piperidine rings is 1. The van der Waals surface area contributed by atoms with E-state index >= 15 is 0 Å². The van der Waals surface area contributed by atoms with Gasteiger partial charge in [0, 0.05) is 12.5 Å². The molecule has 0 spiro atoms. The minimum absolute atomic E-state index is 0.248. The van der Waals surface area contributed by atoms with Crippen molar-refractivity contribution in [3.8, 4) is 0 Å². The number of fused-ring (bicyclic) bond motifs is 1. The Bertz CT molecular complexity index is 168. The van der Waals surface area contributed by atoms with E-state index in [1.807, 2.05) is 0 Å². The van der Waals surface area contributed by atoms with E-state index in [1.54, 1.807) is 0 Å². The van der Waals surface area contributed by atoms with Crippen molar-refractivity contribution in [1.29, 1.82) is 0 Å². The second-order valence-corrected chi connectivity index (χ2v) is 3.71. The van der Waals surface area contributed by atoms with E-state index in [9.17, 15) is 4.79 Å². The summed E-state index contributed by atoms with van der Waals surface area (Å²) in [6.45, 7) is 4.40. The number of carbonyl (C=O) groups is 1. The molecule has 0 aromatic rings. The molecule has 0 bridgehead atoms. The lowest BCUT2D eigenvalue weighted by Crippen LogP contribution is -2.34. The Morgan fingerprint density at radius 1 is 1.50 bits per heavy atom. The zero-order valence-corrected chi connectivity index (χ0v) is 6.42. The SMILES string of the molecule is C[C@@H]1[C@H]2NC(=O)C[C@H](C)[C@@H]12. The van der Waals surface area contributed by atoms with Crippen LogP contribution in [-0.2, 0) is 4.79 Å². The van der Waals surface area contributed by atoms with Crippen LogP contribution in [0.4, 0.5) is 0 Å². The van der Waals surface area contributed by atoms with Gasteiger partial charge in [-0.2, -0.15) is 0 Å². The average molecular weight is 139 g/mol. The number of rotatable bonds is 0. The van der Waals surface area contributed by atoms with Crippen molar-refractivity contribution in [2.45, 2.75) is 26.3 Å². The van der Waals surface area contributed by atoms with Crippen LogP contribution in [0, 0.1) is 17.8 Å². The van der Waals surface area contributed by atoms with Crippen molar-refractivity contribution in [3.63, 3.8) is 0 Å². The summed E-state index contributed by atoms with van der Waals surface area (Å²) in [6, 6.07) is 0.524. The lowest BCUT2D eigenvalue weighted by atomic mass is 9.98. The fourth-order valence-corrected chi connectivity index (χ4v) is 2.27. The average Bonchev–Trinajstić information content (AvgIpc) is 2.42. The van der Waals surface area contributed by atoms with E-state index in [2.05, 4.69) is 19.2 Å². The first kappa shape index (κ1) is 6.20. The highest BCUT2D eigenvalue weighted by atomic mass is 16.1. The van der Waals surface area contributed by atoms with Crippen LogP contribution in [0.1, 0.15) is 20.3 Å². The summed E-state index contributed by atoms with van der Waals surface area (Å²) in [7, 11) is 0. The molecule has 10 heavy (non-hydrogen) atoms. The van der Waals surface area contributed by atoms with Crippen molar-refractivity contribution < 1.29 is 4.79 Å². The van der Waals surface area contributed by atoms with E-state index < -0.39 is 0 Å². The van der Waals surface area contributed by atoms with Crippen molar-refractivity contribution in [1.82, 2.24) is 5.32 Å². The van der Waals surface area contributed by atoms with E-state index in [1.165, 1.54) is 0 Å². The maximum absolute atomic E-state index is 10.9. The summed E-state index contributed by atoms with van der Waals surface area (Å²) in [4.78, 5) is 10.9. The lowest BCUT2D eigenvalue weighted by Gasteiger charge is -2.16.